The summed E-state index contributed by atoms with van der Waals surface area (Å²) in [7, 11) is 0. The minimum absolute atomic E-state index is 0.00186. The van der Waals surface area contributed by atoms with Crippen LogP contribution in [0.15, 0.2) is 91.3 Å². The molecule has 2 amide bonds. The normalized spacial score (nSPS) is 19.1. The van der Waals surface area contributed by atoms with Crippen molar-refractivity contribution in [1.29, 1.82) is 0 Å². The molecule has 3 aromatic carbocycles. The van der Waals surface area contributed by atoms with Crippen LogP contribution < -0.4 is 15.7 Å². The van der Waals surface area contributed by atoms with E-state index in [0.717, 1.165) is 97.7 Å². The maximum atomic E-state index is 12.4. The fraction of sp³-hybridized carbons (Fsp3) is 0.415. The molecule has 0 saturated carbocycles. The van der Waals surface area contributed by atoms with E-state index in [9.17, 15) is 14.7 Å². The van der Waals surface area contributed by atoms with Gasteiger partial charge in [-0.05, 0) is 52.8 Å². The van der Waals surface area contributed by atoms with Gasteiger partial charge in [0.1, 0.15) is 0 Å². The van der Waals surface area contributed by atoms with Crippen molar-refractivity contribution in [3.63, 3.8) is 0 Å². The van der Waals surface area contributed by atoms with Gasteiger partial charge in [0.05, 0.1) is 18.8 Å². The number of benzene rings is 3. The molecule has 0 bridgehead atoms. The van der Waals surface area contributed by atoms with Gasteiger partial charge >= 0.3 is 0 Å². The van der Waals surface area contributed by atoms with Crippen LogP contribution in [0.4, 0.5) is 5.95 Å². The molecule has 280 valence electrons. The average molecular weight is 723 g/mol. The molecule has 0 radical (unpaired) electrons. The number of aliphatic hydroxyl groups is 1. The number of hydroxylamine groups is 1. The smallest absolute Gasteiger partial charge is 0.243 e. The molecular weight excluding hydrogens is 672 g/mol. The van der Waals surface area contributed by atoms with E-state index < -0.39 is 6.29 Å². The molecule has 6 rings (SSSR count). The maximum absolute atomic E-state index is 12.4. The van der Waals surface area contributed by atoms with Crippen molar-refractivity contribution >= 4 is 17.8 Å². The highest BCUT2D eigenvalue weighted by molar-refractivity contribution is 5.76. The highest BCUT2D eigenvalue weighted by Crippen LogP contribution is 2.39. The van der Waals surface area contributed by atoms with Crippen molar-refractivity contribution in [2.75, 3.05) is 37.6 Å². The van der Waals surface area contributed by atoms with E-state index in [-0.39, 0.29) is 37.0 Å². The van der Waals surface area contributed by atoms with E-state index >= 15 is 0 Å². The Morgan fingerprint density at radius 3 is 2.15 bits per heavy atom. The average Bonchev–Trinajstić information content (AvgIpc) is 3.22. The molecule has 12 heteroatoms. The van der Waals surface area contributed by atoms with Gasteiger partial charge in [0.25, 0.3) is 0 Å². The summed E-state index contributed by atoms with van der Waals surface area (Å²) >= 11 is 0. The maximum Gasteiger partial charge on any atom is 0.243 e. The number of aromatic nitrogens is 2. The lowest BCUT2D eigenvalue weighted by molar-refractivity contribution is -0.253. The third kappa shape index (κ3) is 11.1. The van der Waals surface area contributed by atoms with Crippen LogP contribution in [-0.2, 0) is 32.2 Å². The highest BCUT2D eigenvalue weighted by atomic mass is 16.7. The summed E-state index contributed by atoms with van der Waals surface area (Å²) in [5, 5.41) is 21.2. The van der Waals surface area contributed by atoms with Crippen molar-refractivity contribution in [3.8, 4) is 11.1 Å². The van der Waals surface area contributed by atoms with Crippen molar-refractivity contribution < 1.29 is 29.4 Å². The number of hydrogen-bond donors (Lipinski definition) is 4. The lowest BCUT2D eigenvalue weighted by Crippen LogP contribution is -2.50. The molecular formula is C41H50N6O6. The summed E-state index contributed by atoms with van der Waals surface area (Å²) in [4.78, 5) is 37.0. The summed E-state index contributed by atoms with van der Waals surface area (Å²) in [6.45, 7) is 4.74. The van der Waals surface area contributed by atoms with E-state index in [1.54, 1.807) is 17.9 Å². The summed E-state index contributed by atoms with van der Waals surface area (Å²) in [6.07, 6.45) is 7.43. The number of anilines is 1. The first-order valence-electron chi connectivity index (χ1n) is 18.6. The number of carbonyl (C=O) groups is 2. The molecule has 2 fully saturated rings. The molecule has 2 aliphatic heterocycles. The highest BCUT2D eigenvalue weighted by Gasteiger charge is 2.34. The molecule has 0 aliphatic carbocycles. The number of nitrogens with one attached hydrogen (secondary N) is 2. The van der Waals surface area contributed by atoms with Crippen LogP contribution in [-0.4, -0.2) is 75.8 Å². The minimum atomic E-state index is -0.536. The molecule has 0 unspecified atom stereocenters. The van der Waals surface area contributed by atoms with E-state index in [2.05, 4.69) is 61.5 Å². The van der Waals surface area contributed by atoms with Gasteiger partial charge in [-0.1, -0.05) is 79.6 Å². The molecule has 0 spiro atoms. The molecule has 3 atom stereocenters. The summed E-state index contributed by atoms with van der Waals surface area (Å²) in [6, 6.07) is 26.3. The molecule has 2 saturated heterocycles. The van der Waals surface area contributed by atoms with Crippen LogP contribution >= 0.6 is 0 Å². The van der Waals surface area contributed by atoms with Gasteiger partial charge in [-0.15, -0.1) is 0 Å². The van der Waals surface area contributed by atoms with Crippen molar-refractivity contribution in [2.45, 2.75) is 76.6 Å². The molecule has 3 heterocycles. The quantitative estimate of drug-likeness (QED) is 0.0667. The number of carbonyl (C=O) groups excluding carboxylic acids is 2. The number of ether oxygens (including phenoxy) is 2. The Hall–Kier alpha value is -4.72. The third-order valence-corrected chi connectivity index (χ3v) is 9.90. The van der Waals surface area contributed by atoms with Crippen LogP contribution in [0.1, 0.15) is 79.6 Å². The molecule has 4 N–H and O–H groups in total. The van der Waals surface area contributed by atoms with Gasteiger partial charge < -0.3 is 24.8 Å². The number of aliphatic hydroxyl groups excluding tert-OH is 1. The number of unbranched alkanes of at least 4 members (excludes halogenated alkanes) is 3. The SMILES string of the molecule is O=C(CCCCCCC(=O)NCc1cccc(-c2ccc([C@@H]3O[C@H](CN4CCN(c5ncccn5)CC4)C[C@H](c4ccc(CO)cc4)O3)cc2)c1)NO. The Balaban J connectivity index is 1.05. The van der Waals surface area contributed by atoms with E-state index in [4.69, 9.17) is 14.7 Å². The Bertz CT molecular complexity index is 1730. The number of nitrogens with zero attached hydrogens (tertiary/aromatic N) is 4. The third-order valence-electron chi connectivity index (χ3n) is 9.90. The van der Waals surface area contributed by atoms with Crippen LogP contribution in [0.3, 0.4) is 0 Å². The minimum Gasteiger partial charge on any atom is -0.392 e. The number of piperazine rings is 1. The molecule has 4 aromatic rings. The Morgan fingerprint density at radius 2 is 1.45 bits per heavy atom. The van der Waals surface area contributed by atoms with Gasteiger partial charge in [0, 0.05) is 76.5 Å². The van der Waals surface area contributed by atoms with Crippen molar-refractivity contribution in [2.24, 2.45) is 0 Å². The predicted octanol–water partition coefficient (Wildman–Crippen LogP) is 5.47. The van der Waals surface area contributed by atoms with Crippen molar-refractivity contribution in [1.82, 2.24) is 25.7 Å². The Kier molecular flexibility index (Phi) is 13.9. The second-order valence-electron chi connectivity index (χ2n) is 13.7. The van der Waals surface area contributed by atoms with Crippen LogP contribution in [0, 0.1) is 0 Å². The van der Waals surface area contributed by atoms with E-state index in [0.29, 0.717) is 19.4 Å². The van der Waals surface area contributed by atoms with Gasteiger partial charge in [0.15, 0.2) is 6.29 Å². The summed E-state index contributed by atoms with van der Waals surface area (Å²) in [5.74, 6) is 0.395. The van der Waals surface area contributed by atoms with Gasteiger partial charge in [-0.2, -0.15) is 0 Å². The van der Waals surface area contributed by atoms with Crippen LogP contribution in [0.2, 0.25) is 0 Å². The van der Waals surface area contributed by atoms with Gasteiger partial charge in [-0.25, -0.2) is 15.4 Å². The zero-order chi connectivity index (χ0) is 36.8. The first-order chi connectivity index (χ1) is 26.0. The summed E-state index contributed by atoms with van der Waals surface area (Å²) in [5.41, 5.74) is 7.65. The largest absolute Gasteiger partial charge is 0.392 e. The number of amides is 2. The molecule has 12 nitrogen and oxygen atoms in total. The lowest BCUT2D eigenvalue weighted by Gasteiger charge is -2.40. The molecule has 1 aromatic heterocycles. The standard InChI is InChI=1S/C41H50N6O6/c48-29-30-11-13-33(14-12-30)37-26-36(28-46-21-23-47(24-22-46)41-42-19-6-20-43-41)52-40(53-37)34-17-15-32(16-18-34)35-8-5-7-31(25-35)27-44-38(49)9-3-1-2-4-10-39(50)45-51/h5-8,11-20,25,36-37,40,48,51H,1-4,9-10,21-24,26-29H2,(H,44,49)(H,45,50)/t36-,37+,40+/m0/s1. The molecule has 2 aliphatic rings. The fourth-order valence-electron chi connectivity index (χ4n) is 6.87. The first kappa shape index (κ1) is 38.0. The summed E-state index contributed by atoms with van der Waals surface area (Å²) < 4.78 is 13.3. The van der Waals surface area contributed by atoms with Crippen molar-refractivity contribution in [3.05, 3.63) is 114 Å². The number of rotatable bonds is 16. The van der Waals surface area contributed by atoms with Gasteiger partial charge in [-0.3, -0.25) is 19.7 Å². The zero-order valence-electron chi connectivity index (χ0n) is 30.1. The first-order valence-corrected chi connectivity index (χ1v) is 18.6. The topological polar surface area (TPSA) is 149 Å². The van der Waals surface area contributed by atoms with Crippen LogP contribution in [0.25, 0.3) is 11.1 Å². The molecule has 53 heavy (non-hydrogen) atoms. The lowest BCUT2D eigenvalue weighted by atomic mass is 9.98. The van der Waals surface area contributed by atoms with Crippen LogP contribution in [0.5, 0.6) is 0 Å². The predicted molar refractivity (Wildman–Crippen MR) is 200 cm³/mol. The van der Waals surface area contributed by atoms with E-state index in [1.807, 2.05) is 42.5 Å². The van der Waals surface area contributed by atoms with Gasteiger partial charge in [0.2, 0.25) is 17.8 Å². The Morgan fingerprint density at radius 1 is 0.755 bits per heavy atom. The zero-order valence-corrected chi connectivity index (χ0v) is 30.1. The van der Waals surface area contributed by atoms with E-state index in [1.165, 1.54) is 0 Å². The monoisotopic (exact) mass is 722 g/mol. The Labute approximate surface area is 311 Å². The fourth-order valence-corrected chi connectivity index (χ4v) is 6.87. The second kappa shape index (κ2) is 19.4. The second-order valence-corrected chi connectivity index (χ2v) is 13.7. The number of hydrogen-bond acceptors (Lipinski definition) is 10.